The standard InChI is InChI=1S/C3H6.Ni/c1-3-2;/h1H,3H2,2H3;. The summed E-state index contributed by atoms with van der Waals surface area (Å²) >= 11 is 4.19. The van der Waals surface area contributed by atoms with Gasteiger partial charge in [0.2, 0.25) is 0 Å². The summed E-state index contributed by atoms with van der Waals surface area (Å²) < 4.78 is 0. The molecule has 0 nitrogen and oxygen atoms in total. The molecule has 1 heteroatoms. The van der Waals surface area contributed by atoms with Gasteiger partial charge >= 0.3 is 33.4 Å². The molecule has 0 bridgehead atoms. The van der Waals surface area contributed by atoms with Crippen molar-refractivity contribution in [3.8, 4) is 0 Å². The Balaban J connectivity index is 2.30. The summed E-state index contributed by atoms with van der Waals surface area (Å²) in [6, 6.07) is 0. The molecule has 0 atom stereocenters. The van der Waals surface area contributed by atoms with Crippen LogP contribution in [0.3, 0.4) is 0 Å². The van der Waals surface area contributed by atoms with E-state index >= 15 is 0 Å². The van der Waals surface area contributed by atoms with Gasteiger partial charge in [-0.3, -0.25) is 0 Å². The minimum atomic E-state index is 1.03. The molecule has 0 aromatic rings. The summed E-state index contributed by atoms with van der Waals surface area (Å²) in [5.41, 5.74) is 0. The maximum atomic E-state index is 4.19. The average Bonchev–Trinajstić information content (AvgIpc) is 1.37. The summed E-state index contributed by atoms with van der Waals surface area (Å²) in [7, 11) is 0. The van der Waals surface area contributed by atoms with Crippen molar-refractivity contribution < 1.29 is 15.0 Å². The van der Waals surface area contributed by atoms with Crippen LogP contribution in [-0.4, -0.2) is 4.99 Å². The summed E-state index contributed by atoms with van der Waals surface area (Å²) in [4.78, 5) is 1.75. The minimum absolute atomic E-state index is 1.03. The van der Waals surface area contributed by atoms with E-state index in [0.29, 0.717) is 0 Å². The van der Waals surface area contributed by atoms with E-state index in [9.17, 15) is 0 Å². The van der Waals surface area contributed by atoms with Gasteiger partial charge in [0, 0.05) is 0 Å². The van der Waals surface area contributed by atoms with Gasteiger partial charge in [-0.25, -0.2) is 0 Å². The van der Waals surface area contributed by atoms with Gasteiger partial charge in [-0.05, 0) is 0 Å². The molecule has 0 aromatic carbocycles. The van der Waals surface area contributed by atoms with Crippen LogP contribution in [0.15, 0.2) is 0 Å². The molecule has 28 valence electrons. The zero-order valence-corrected chi connectivity index (χ0v) is 3.59. The first kappa shape index (κ1) is 4.36. The first-order valence-electron chi connectivity index (χ1n) is 1.30. The van der Waals surface area contributed by atoms with Gasteiger partial charge in [-0.2, -0.15) is 0 Å². The number of hydrogen-bond donors (Lipinski definition) is 0. The molecule has 0 aromatic heterocycles. The van der Waals surface area contributed by atoms with Crippen LogP contribution in [0.4, 0.5) is 0 Å². The summed E-state index contributed by atoms with van der Waals surface area (Å²) in [5, 5.41) is 0. The third-order valence-corrected chi connectivity index (χ3v) is 0.532. The van der Waals surface area contributed by atoms with E-state index in [1.54, 1.807) is 4.99 Å². The van der Waals surface area contributed by atoms with E-state index in [1.165, 1.54) is 0 Å². The van der Waals surface area contributed by atoms with Crippen molar-refractivity contribution in [1.29, 1.82) is 0 Å². The van der Waals surface area contributed by atoms with Gasteiger partial charge in [-0.15, -0.1) is 0 Å². The first-order chi connectivity index (χ1) is 1.91. The van der Waals surface area contributed by atoms with Crippen molar-refractivity contribution in [3.63, 3.8) is 0 Å². The van der Waals surface area contributed by atoms with Crippen LogP contribution in [0.1, 0.15) is 13.3 Å². The second-order valence-electron chi connectivity index (χ2n) is 0.537. The van der Waals surface area contributed by atoms with Crippen molar-refractivity contribution in [3.05, 3.63) is 0 Å². The fourth-order valence-corrected chi connectivity index (χ4v) is 0. The molecule has 4 heavy (non-hydrogen) atoms. The molecule has 0 aliphatic carbocycles. The van der Waals surface area contributed by atoms with Crippen molar-refractivity contribution >= 4 is 4.99 Å². The Kier molecular flexibility index (Phi) is 3.67. The number of hydrogen-bond acceptors (Lipinski definition) is 0. The molecular formula is C3H6Ni. The van der Waals surface area contributed by atoms with Crippen LogP contribution in [0, 0.1) is 0 Å². The Hall–Kier alpha value is 0.364. The molecule has 0 aliphatic rings. The van der Waals surface area contributed by atoms with Crippen LogP contribution < -0.4 is 0 Å². The van der Waals surface area contributed by atoms with Gasteiger partial charge in [0.05, 0.1) is 0 Å². The Morgan fingerprint density at radius 1 is 2.00 bits per heavy atom. The van der Waals surface area contributed by atoms with Crippen molar-refractivity contribution in [2.75, 3.05) is 0 Å². The molecule has 0 rings (SSSR count). The van der Waals surface area contributed by atoms with Crippen LogP contribution >= 0.6 is 0 Å². The summed E-state index contributed by atoms with van der Waals surface area (Å²) in [6.45, 7) is 2.03. The molecule has 0 unspecified atom stereocenters. The van der Waals surface area contributed by atoms with Crippen LogP contribution in [0.25, 0.3) is 0 Å². The molecule has 0 radical (unpaired) electrons. The van der Waals surface area contributed by atoms with Gasteiger partial charge in [0.1, 0.15) is 0 Å². The van der Waals surface area contributed by atoms with Crippen LogP contribution in [0.5, 0.6) is 0 Å². The molecule has 0 spiro atoms. The Bertz CT molecular complexity index is 17.2. The molecule has 0 fully saturated rings. The van der Waals surface area contributed by atoms with Crippen molar-refractivity contribution in [1.82, 2.24) is 0 Å². The molecule has 0 saturated heterocycles. The first-order valence-corrected chi connectivity index (χ1v) is 1.87. The third-order valence-electron chi connectivity index (χ3n) is 0.129. The summed E-state index contributed by atoms with van der Waals surface area (Å²) in [5.74, 6) is 0. The van der Waals surface area contributed by atoms with Crippen molar-refractivity contribution in [2.45, 2.75) is 13.3 Å². The second kappa shape index (κ2) is 3.36. The maximum absolute atomic E-state index is 4.19. The number of rotatable bonds is 1. The van der Waals surface area contributed by atoms with Crippen molar-refractivity contribution in [2.24, 2.45) is 0 Å². The molecule has 0 N–H and O–H groups in total. The Labute approximate surface area is 34.1 Å². The average molecular weight is 101 g/mol. The van der Waals surface area contributed by atoms with E-state index < -0.39 is 0 Å². The van der Waals surface area contributed by atoms with Crippen LogP contribution in [-0.2, 0) is 15.0 Å². The zero-order chi connectivity index (χ0) is 3.41. The molecule has 0 saturated carbocycles. The van der Waals surface area contributed by atoms with Gasteiger partial charge in [0.25, 0.3) is 0 Å². The fraction of sp³-hybridized carbons (Fsp3) is 0.667. The van der Waals surface area contributed by atoms with E-state index in [-0.39, 0.29) is 0 Å². The Morgan fingerprint density at radius 2 is 2.25 bits per heavy atom. The predicted molar refractivity (Wildman–Crippen MR) is 16.4 cm³/mol. The predicted octanol–water partition coefficient (Wildman–Crippen LogP) is 0.745. The topological polar surface area (TPSA) is 0 Å². The molecular weight excluding hydrogens is 94.7 g/mol. The monoisotopic (exact) mass is 100.0 g/mol. The fourth-order valence-electron chi connectivity index (χ4n) is 0. The summed E-state index contributed by atoms with van der Waals surface area (Å²) in [6.07, 6.45) is 1.03. The second-order valence-corrected chi connectivity index (χ2v) is 0.941. The van der Waals surface area contributed by atoms with E-state index in [1.807, 2.05) is 6.92 Å². The van der Waals surface area contributed by atoms with E-state index in [0.717, 1.165) is 6.42 Å². The normalized spacial score (nSPS) is 6.75. The Morgan fingerprint density at radius 3 is 2.25 bits per heavy atom. The molecule has 0 aliphatic heterocycles. The third kappa shape index (κ3) is 2.36. The zero-order valence-electron chi connectivity index (χ0n) is 2.60. The van der Waals surface area contributed by atoms with Gasteiger partial charge in [-0.1, -0.05) is 0 Å². The van der Waals surface area contributed by atoms with Crippen LogP contribution in [0.2, 0.25) is 0 Å². The van der Waals surface area contributed by atoms with Gasteiger partial charge in [0.15, 0.2) is 0 Å². The quantitative estimate of drug-likeness (QED) is 0.427. The SMILES string of the molecule is CC[CH]=[Ni]. The molecule has 0 amide bonds. The van der Waals surface area contributed by atoms with E-state index in [2.05, 4.69) is 15.0 Å². The van der Waals surface area contributed by atoms with Gasteiger partial charge < -0.3 is 0 Å². The van der Waals surface area contributed by atoms with E-state index in [4.69, 9.17) is 0 Å². The molecule has 0 heterocycles.